The van der Waals surface area contributed by atoms with Crippen LogP contribution in [0.2, 0.25) is 0 Å². The predicted molar refractivity (Wildman–Crippen MR) is 88.2 cm³/mol. The topological polar surface area (TPSA) is 32.3 Å². The molecule has 1 aromatic rings. The summed E-state index contributed by atoms with van der Waals surface area (Å²) in [5.74, 6) is 0.239. The molecule has 1 aromatic carbocycles. The number of hydrogen-bond acceptors (Lipinski definition) is 3. The van der Waals surface area contributed by atoms with Crippen molar-refractivity contribution in [2.24, 2.45) is 0 Å². The normalized spacial score (nSPS) is 16.7. The Labute approximate surface area is 133 Å². The lowest BCUT2D eigenvalue weighted by Gasteiger charge is -2.27. The van der Waals surface area contributed by atoms with E-state index in [0.717, 1.165) is 38.3 Å². The van der Waals surface area contributed by atoms with E-state index in [4.69, 9.17) is 0 Å². The number of nitrogens with one attached hydrogen (secondary N) is 1. The number of piperazine rings is 1. The molecular weight excluding hydrogens is 295 g/mol. The van der Waals surface area contributed by atoms with Crippen molar-refractivity contribution in [2.75, 3.05) is 26.2 Å². The lowest BCUT2D eigenvalue weighted by molar-refractivity contribution is -0.118. The van der Waals surface area contributed by atoms with E-state index in [9.17, 15) is 4.79 Å². The zero-order valence-corrected chi connectivity index (χ0v) is 13.7. The van der Waals surface area contributed by atoms with Crippen molar-refractivity contribution in [3.05, 3.63) is 35.4 Å². The molecule has 0 spiro atoms. The quantitative estimate of drug-likeness (QED) is 0.926. The number of hydrogen-bond donors (Lipinski definition) is 1. The van der Waals surface area contributed by atoms with E-state index < -0.39 is 0 Å². The first-order valence-corrected chi connectivity index (χ1v) is 6.69. The molecule has 1 aliphatic rings. The first kappa shape index (κ1) is 19.4. The van der Waals surface area contributed by atoms with Gasteiger partial charge in [0.05, 0.1) is 0 Å². The molecule has 5 heteroatoms. The molecule has 1 N–H and O–H groups in total. The second kappa shape index (κ2) is 9.35. The van der Waals surface area contributed by atoms with Gasteiger partial charge in [-0.05, 0) is 18.1 Å². The number of Topliss-reactive ketones (excluding diaryl/α,β-unsaturated/α-hetero) is 1. The summed E-state index contributed by atoms with van der Waals surface area (Å²) in [4.78, 5) is 13.8. The Hall–Kier alpha value is -0.610. The molecule has 0 aliphatic carbocycles. The van der Waals surface area contributed by atoms with Crippen molar-refractivity contribution in [1.29, 1.82) is 0 Å². The lowest BCUT2D eigenvalue weighted by atomic mass is 9.96. The molecule has 0 bridgehead atoms. The van der Waals surface area contributed by atoms with Crippen molar-refractivity contribution in [3.63, 3.8) is 0 Å². The fourth-order valence-corrected chi connectivity index (χ4v) is 2.27. The molecule has 1 fully saturated rings. The van der Waals surface area contributed by atoms with Gasteiger partial charge in [-0.1, -0.05) is 31.2 Å². The van der Waals surface area contributed by atoms with Gasteiger partial charge in [0, 0.05) is 38.6 Å². The van der Waals surface area contributed by atoms with Crippen LogP contribution in [0.1, 0.15) is 30.9 Å². The smallest absolute Gasteiger partial charge is 0.136 e. The Balaban J connectivity index is 0.00000180. The van der Waals surface area contributed by atoms with Crippen LogP contribution in [0.5, 0.6) is 0 Å². The van der Waals surface area contributed by atoms with Gasteiger partial charge in [-0.25, -0.2) is 0 Å². The molecule has 3 nitrogen and oxygen atoms in total. The third-order valence-electron chi connectivity index (χ3n) is 3.71. The molecule has 1 saturated heterocycles. The van der Waals surface area contributed by atoms with Crippen LogP contribution in [0.4, 0.5) is 0 Å². The molecule has 1 unspecified atom stereocenters. The summed E-state index contributed by atoms with van der Waals surface area (Å²) in [5, 5.41) is 3.36. The molecular formula is C15H24Cl2N2O. The van der Waals surface area contributed by atoms with Gasteiger partial charge >= 0.3 is 0 Å². The SMILES string of the molecule is CC(=O)C(C)c1ccc(CN2CCNCC2)cc1.Cl.Cl. The second-order valence-corrected chi connectivity index (χ2v) is 5.10. The summed E-state index contributed by atoms with van der Waals surface area (Å²) in [6, 6.07) is 8.47. The number of nitrogens with zero attached hydrogens (tertiary/aromatic N) is 1. The van der Waals surface area contributed by atoms with E-state index in [-0.39, 0.29) is 36.5 Å². The molecule has 0 saturated carbocycles. The van der Waals surface area contributed by atoms with Gasteiger partial charge in [0.2, 0.25) is 0 Å². The number of carbonyl (C=O) groups excluding carboxylic acids is 1. The van der Waals surface area contributed by atoms with Crippen LogP contribution in [0, 0.1) is 0 Å². The Morgan fingerprint density at radius 3 is 2.25 bits per heavy atom. The summed E-state index contributed by atoms with van der Waals surface area (Å²) >= 11 is 0. The zero-order chi connectivity index (χ0) is 13.0. The summed E-state index contributed by atoms with van der Waals surface area (Å²) < 4.78 is 0. The van der Waals surface area contributed by atoms with E-state index in [2.05, 4.69) is 34.5 Å². The summed E-state index contributed by atoms with van der Waals surface area (Å²) in [6.07, 6.45) is 0. The van der Waals surface area contributed by atoms with Gasteiger partial charge in [0.15, 0.2) is 0 Å². The molecule has 20 heavy (non-hydrogen) atoms. The average molecular weight is 319 g/mol. The largest absolute Gasteiger partial charge is 0.314 e. The van der Waals surface area contributed by atoms with Crippen LogP contribution >= 0.6 is 24.8 Å². The van der Waals surface area contributed by atoms with Crippen LogP contribution in [0.25, 0.3) is 0 Å². The van der Waals surface area contributed by atoms with Crippen LogP contribution < -0.4 is 5.32 Å². The Kier molecular flexibility index (Phi) is 9.06. The number of carbonyl (C=O) groups is 1. The van der Waals surface area contributed by atoms with Gasteiger partial charge in [0.25, 0.3) is 0 Å². The van der Waals surface area contributed by atoms with Gasteiger partial charge < -0.3 is 5.32 Å². The highest BCUT2D eigenvalue weighted by atomic mass is 35.5. The highest BCUT2D eigenvalue weighted by Crippen LogP contribution is 2.17. The summed E-state index contributed by atoms with van der Waals surface area (Å²) in [5.41, 5.74) is 2.45. The number of halogens is 2. The van der Waals surface area contributed by atoms with Crippen molar-refractivity contribution in [3.8, 4) is 0 Å². The Bertz CT molecular complexity index is 403. The van der Waals surface area contributed by atoms with E-state index in [1.54, 1.807) is 6.92 Å². The summed E-state index contributed by atoms with van der Waals surface area (Å²) in [6.45, 7) is 9.03. The maximum Gasteiger partial charge on any atom is 0.136 e. The predicted octanol–water partition coefficient (Wildman–Crippen LogP) is 2.63. The minimum absolute atomic E-state index is 0. The maximum atomic E-state index is 11.3. The highest BCUT2D eigenvalue weighted by Gasteiger charge is 2.12. The second-order valence-electron chi connectivity index (χ2n) is 5.10. The molecule has 1 heterocycles. The highest BCUT2D eigenvalue weighted by molar-refractivity contribution is 5.85. The monoisotopic (exact) mass is 318 g/mol. The third-order valence-corrected chi connectivity index (χ3v) is 3.71. The van der Waals surface area contributed by atoms with Crippen molar-refractivity contribution < 1.29 is 4.79 Å². The first-order valence-electron chi connectivity index (χ1n) is 6.69. The minimum atomic E-state index is 0. The first-order chi connectivity index (χ1) is 8.66. The van der Waals surface area contributed by atoms with Gasteiger partial charge in [-0.15, -0.1) is 24.8 Å². The number of benzene rings is 1. The number of ketones is 1. The molecule has 1 aliphatic heterocycles. The van der Waals surface area contributed by atoms with Gasteiger partial charge in [-0.2, -0.15) is 0 Å². The van der Waals surface area contributed by atoms with E-state index in [0.29, 0.717) is 0 Å². The van der Waals surface area contributed by atoms with Gasteiger partial charge in [-0.3, -0.25) is 9.69 Å². The maximum absolute atomic E-state index is 11.3. The van der Waals surface area contributed by atoms with Crippen molar-refractivity contribution in [1.82, 2.24) is 10.2 Å². The Morgan fingerprint density at radius 2 is 1.75 bits per heavy atom. The molecule has 2 rings (SSSR count). The number of rotatable bonds is 4. The van der Waals surface area contributed by atoms with Crippen molar-refractivity contribution >= 4 is 30.6 Å². The third kappa shape index (κ3) is 5.41. The van der Waals surface area contributed by atoms with Crippen LogP contribution in [0.3, 0.4) is 0 Å². The molecule has 114 valence electrons. The molecule has 0 radical (unpaired) electrons. The standard InChI is InChI=1S/C15H22N2O.2ClH/c1-12(13(2)18)15-5-3-14(4-6-15)11-17-9-7-16-8-10-17;;/h3-6,12,16H,7-11H2,1-2H3;2*1H. The van der Waals surface area contributed by atoms with E-state index >= 15 is 0 Å². The van der Waals surface area contributed by atoms with E-state index in [1.165, 1.54) is 5.56 Å². The van der Waals surface area contributed by atoms with E-state index in [1.807, 2.05) is 6.92 Å². The fourth-order valence-electron chi connectivity index (χ4n) is 2.27. The minimum Gasteiger partial charge on any atom is -0.314 e. The van der Waals surface area contributed by atoms with Crippen LogP contribution in [-0.4, -0.2) is 36.9 Å². The molecule has 0 aromatic heterocycles. The molecule has 0 amide bonds. The molecule has 1 atom stereocenters. The lowest BCUT2D eigenvalue weighted by Crippen LogP contribution is -2.42. The van der Waals surface area contributed by atoms with Crippen LogP contribution in [-0.2, 0) is 11.3 Å². The fraction of sp³-hybridized carbons (Fsp3) is 0.533. The Morgan fingerprint density at radius 1 is 1.20 bits per heavy atom. The zero-order valence-electron chi connectivity index (χ0n) is 12.1. The van der Waals surface area contributed by atoms with Gasteiger partial charge in [0.1, 0.15) is 5.78 Å². The summed E-state index contributed by atoms with van der Waals surface area (Å²) in [7, 11) is 0. The van der Waals surface area contributed by atoms with Crippen LogP contribution in [0.15, 0.2) is 24.3 Å². The average Bonchev–Trinajstić information content (AvgIpc) is 2.40. The van der Waals surface area contributed by atoms with Crippen molar-refractivity contribution in [2.45, 2.75) is 26.3 Å².